The van der Waals surface area contributed by atoms with Crippen LogP contribution in [-0.4, -0.2) is 63.8 Å². The van der Waals surface area contributed by atoms with Crippen LogP contribution in [0.3, 0.4) is 0 Å². The lowest BCUT2D eigenvalue weighted by molar-refractivity contribution is -0.150. The zero-order valence-electron chi connectivity index (χ0n) is 12.3. The van der Waals surface area contributed by atoms with Gasteiger partial charge in [-0.3, -0.25) is 4.79 Å². The molecule has 0 saturated carbocycles. The fourth-order valence-corrected chi connectivity index (χ4v) is 3.16. The van der Waals surface area contributed by atoms with E-state index in [1.165, 1.54) is 0 Å². The summed E-state index contributed by atoms with van der Waals surface area (Å²) in [7, 11) is 0. The molecule has 2 rings (SSSR count). The zero-order chi connectivity index (χ0) is 15.0. The number of hydrogen-bond donors (Lipinski definition) is 2. The minimum absolute atomic E-state index is 0.142. The van der Waals surface area contributed by atoms with E-state index >= 15 is 0 Å². The molecule has 0 aromatic carbocycles. The molecule has 2 N–H and O–H groups in total. The molecule has 2 heterocycles. The van der Waals surface area contributed by atoms with Crippen molar-refractivity contribution >= 4 is 12.0 Å². The molecule has 2 fully saturated rings. The molecule has 0 spiro atoms. The van der Waals surface area contributed by atoms with Crippen molar-refractivity contribution in [2.24, 2.45) is 5.41 Å². The van der Waals surface area contributed by atoms with Gasteiger partial charge < -0.3 is 20.0 Å². The van der Waals surface area contributed by atoms with Crippen LogP contribution in [0.1, 0.15) is 39.5 Å². The number of hydrogen-bond acceptors (Lipinski definition) is 3. The average Bonchev–Trinajstić information content (AvgIpc) is 2.36. The Bertz CT molecular complexity index is 410. The fourth-order valence-electron chi connectivity index (χ4n) is 3.16. The van der Waals surface area contributed by atoms with Crippen LogP contribution >= 0.6 is 0 Å². The van der Waals surface area contributed by atoms with Gasteiger partial charge in [-0.05, 0) is 39.5 Å². The van der Waals surface area contributed by atoms with E-state index in [1.807, 2.05) is 0 Å². The highest BCUT2D eigenvalue weighted by atomic mass is 16.4. The molecular weight excluding hydrogens is 260 g/mol. The lowest BCUT2D eigenvalue weighted by atomic mass is 9.82. The normalized spacial score (nSPS) is 35.0. The third-order valence-corrected chi connectivity index (χ3v) is 4.43. The van der Waals surface area contributed by atoms with Gasteiger partial charge in [-0.2, -0.15) is 0 Å². The van der Waals surface area contributed by atoms with Gasteiger partial charge in [0.15, 0.2) is 0 Å². The van der Waals surface area contributed by atoms with Crippen LogP contribution in [0.2, 0.25) is 0 Å². The van der Waals surface area contributed by atoms with E-state index in [4.69, 9.17) is 0 Å². The maximum atomic E-state index is 12.5. The van der Waals surface area contributed by atoms with Gasteiger partial charge in [-0.15, -0.1) is 0 Å². The predicted molar refractivity (Wildman–Crippen MR) is 73.4 cm³/mol. The lowest BCUT2D eigenvalue weighted by Crippen LogP contribution is -2.56. The molecule has 2 atom stereocenters. The van der Waals surface area contributed by atoms with Crippen molar-refractivity contribution in [1.82, 2.24) is 9.80 Å². The Morgan fingerprint density at radius 2 is 1.55 bits per heavy atom. The van der Waals surface area contributed by atoms with Gasteiger partial charge in [-0.1, -0.05) is 0 Å². The van der Waals surface area contributed by atoms with Crippen molar-refractivity contribution in [3.05, 3.63) is 0 Å². The summed E-state index contributed by atoms with van der Waals surface area (Å²) in [6, 6.07) is -0.142. The molecular formula is C14H24N2O4. The highest BCUT2D eigenvalue weighted by Crippen LogP contribution is 2.31. The number of likely N-dealkylation sites (tertiary alicyclic amines) is 2. The molecule has 2 unspecified atom stereocenters. The third-order valence-electron chi connectivity index (χ3n) is 4.43. The monoisotopic (exact) mass is 284 g/mol. The standard InChI is InChI=1S/C14H24N2O4/c1-13(11(17)18)5-3-7-15(9-13)12(19)16-8-4-6-14(2,20)10-16/h20H,3-10H2,1-2H3,(H,17,18). The van der Waals surface area contributed by atoms with Crippen LogP contribution in [0.25, 0.3) is 0 Å². The zero-order valence-corrected chi connectivity index (χ0v) is 12.3. The second-order valence-corrected chi connectivity index (χ2v) is 6.70. The largest absolute Gasteiger partial charge is 0.481 e. The summed E-state index contributed by atoms with van der Waals surface area (Å²) in [6.07, 6.45) is 2.79. The molecule has 114 valence electrons. The fraction of sp³-hybridized carbons (Fsp3) is 0.857. The van der Waals surface area contributed by atoms with E-state index in [0.29, 0.717) is 38.9 Å². The van der Waals surface area contributed by atoms with Gasteiger partial charge in [0.1, 0.15) is 0 Å². The molecule has 20 heavy (non-hydrogen) atoms. The number of aliphatic hydroxyl groups is 1. The Hall–Kier alpha value is -1.30. The number of carboxylic acids is 1. The Labute approximate surface area is 119 Å². The van der Waals surface area contributed by atoms with E-state index < -0.39 is 17.0 Å². The second kappa shape index (κ2) is 5.24. The maximum Gasteiger partial charge on any atom is 0.320 e. The topological polar surface area (TPSA) is 81.1 Å². The number of carbonyl (C=O) groups excluding carboxylic acids is 1. The Morgan fingerprint density at radius 3 is 2.10 bits per heavy atom. The van der Waals surface area contributed by atoms with E-state index in [9.17, 15) is 19.8 Å². The van der Waals surface area contributed by atoms with Crippen LogP contribution in [0, 0.1) is 5.41 Å². The SMILES string of the molecule is CC1(O)CCCN(C(=O)N2CCCC(C)(C(=O)O)C2)C1. The van der Waals surface area contributed by atoms with Crippen LogP contribution in [0.4, 0.5) is 4.79 Å². The van der Waals surface area contributed by atoms with Gasteiger partial charge in [0.25, 0.3) is 0 Å². The molecule has 2 amide bonds. The summed E-state index contributed by atoms with van der Waals surface area (Å²) >= 11 is 0. The highest BCUT2D eigenvalue weighted by molar-refractivity contribution is 5.78. The van der Waals surface area contributed by atoms with Crippen molar-refractivity contribution in [3.8, 4) is 0 Å². The molecule has 6 nitrogen and oxygen atoms in total. The highest BCUT2D eigenvalue weighted by Gasteiger charge is 2.41. The van der Waals surface area contributed by atoms with Crippen LogP contribution in [0.15, 0.2) is 0 Å². The molecule has 2 aliphatic heterocycles. The lowest BCUT2D eigenvalue weighted by Gasteiger charge is -2.43. The molecule has 2 saturated heterocycles. The minimum atomic E-state index is -0.855. The van der Waals surface area contributed by atoms with Crippen molar-refractivity contribution in [3.63, 3.8) is 0 Å². The second-order valence-electron chi connectivity index (χ2n) is 6.70. The molecule has 0 aliphatic carbocycles. The van der Waals surface area contributed by atoms with Gasteiger partial charge >= 0.3 is 12.0 Å². The number of carboxylic acid groups (broad SMARTS) is 1. The number of nitrogens with zero attached hydrogens (tertiary/aromatic N) is 2. The number of β-amino-alcohol motifs (C(OH)–C–C–N with tert-alkyl or cyclic N) is 1. The van der Waals surface area contributed by atoms with Crippen molar-refractivity contribution < 1.29 is 19.8 Å². The quantitative estimate of drug-likeness (QED) is 0.756. The van der Waals surface area contributed by atoms with Gasteiger partial charge in [0, 0.05) is 19.6 Å². The summed E-state index contributed by atoms with van der Waals surface area (Å²) in [5.74, 6) is -0.847. The molecule has 6 heteroatoms. The molecule has 0 radical (unpaired) electrons. The number of rotatable bonds is 1. The minimum Gasteiger partial charge on any atom is -0.481 e. The molecule has 2 aliphatic rings. The summed E-state index contributed by atoms with van der Waals surface area (Å²) < 4.78 is 0. The molecule has 0 bridgehead atoms. The number of urea groups is 1. The van der Waals surface area contributed by atoms with Crippen LogP contribution < -0.4 is 0 Å². The Kier molecular flexibility index (Phi) is 3.95. The maximum absolute atomic E-state index is 12.5. The van der Waals surface area contributed by atoms with Gasteiger partial charge in [-0.25, -0.2) is 4.79 Å². The third kappa shape index (κ3) is 3.06. The van der Waals surface area contributed by atoms with Crippen LogP contribution in [-0.2, 0) is 4.79 Å². The van der Waals surface area contributed by atoms with Crippen molar-refractivity contribution in [2.75, 3.05) is 26.2 Å². The average molecular weight is 284 g/mol. The first-order valence-electron chi connectivity index (χ1n) is 7.23. The number of amides is 2. The first kappa shape index (κ1) is 15.1. The number of carbonyl (C=O) groups is 2. The van der Waals surface area contributed by atoms with Gasteiger partial charge in [0.2, 0.25) is 0 Å². The molecule has 0 aromatic rings. The predicted octanol–water partition coefficient (Wildman–Crippen LogP) is 1.14. The summed E-state index contributed by atoms with van der Waals surface area (Å²) in [6.45, 7) is 5.24. The summed E-state index contributed by atoms with van der Waals surface area (Å²) in [5, 5.41) is 19.4. The first-order chi connectivity index (χ1) is 9.23. The molecule has 0 aromatic heterocycles. The van der Waals surface area contributed by atoms with E-state index in [1.54, 1.807) is 23.6 Å². The van der Waals surface area contributed by atoms with Crippen LogP contribution in [0.5, 0.6) is 0 Å². The number of aliphatic carboxylic acids is 1. The Balaban J connectivity index is 2.04. The van der Waals surface area contributed by atoms with E-state index in [-0.39, 0.29) is 12.6 Å². The first-order valence-corrected chi connectivity index (χ1v) is 7.23. The summed E-state index contributed by atoms with van der Waals surface area (Å²) in [4.78, 5) is 27.1. The Morgan fingerprint density at radius 1 is 1.00 bits per heavy atom. The number of piperidine rings is 2. The van der Waals surface area contributed by atoms with Crippen molar-refractivity contribution in [1.29, 1.82) is 0 Å². The van der Waals surface area contributed by atoms with Gasteiger partial charge in [0.05, 0.1) is 17.6 Å². The summed E-state index contributed by atoms with van der Waals surface area (Å²) in [5.41, 5.74) is -1.69. The van der Waals surface area contributed by atoms with E-state index in [0.717, 1.165) is 6.42 Å². The smallest absolute Gasteiger partial charge is 0.320 e. The van der Waals surface area contributed by atoms with E-state index in [2.05, 4.69) is 0 Å². The van der Waals surface area contributed by atoms with Crippen molar-refractivity contribution in [2.45, 2.75) is 45.1 Å².